The summed E-state index contributed by atoms with van der Waals surface area (Å²) in [6.45, 7) is 5.77. The standard InChI is InChI=1S/C18H21Cl2NO/c1-13(2)8-9-22-17-5-3-4-16(11-17)21-12-14-6-7-15(19)10-18(14)20/h3-7,10-11,13,21H,8-9,12H2,1-2H3. The van der Waals surface area contributed by atoms with Gasteiger partial charge in [0.05, 0.1) is 6.61 Å². The molecule has 0 aliphatic heterocycles. The van der Waals surface area contributed by atoms with E-state index >= 15 is 0 Å². The Labute approximate surface area is 142 Å². The quantitative estimate of drug-likeness (QED) is 0.665. The molecule has 1 N–H and O–H groups in total. The summed E-state index contributed by atoms with van der Waals surface area (Å²) < 4.78 is 5.77. The fourth-order valence-corrected chi connectivity index (χ4v) is 2.45. The van der Waals surface area contributed by atoms with Gasteiger partial charge in [-0.15, -0.1) is 0 Å². The van der Waals surface area contributed by atoms with Crippen molar-refractivity contribution >= 4 is 28.9 Å². The molecular weight excluding hydrogens is 317 g/mol. The van der Waals surface area contributed by atoms with E-state index in [1.54, 1.807) is 6.07 Å². The van der Waals surface area contributed by atoms with Gasteiger partial charge in [0.15, 0.2) is 0 Å². The highest BCUT2D eigenvalue weighted by atomic mass is 35.5. The van der Waals surface area contributed by atoms with E-state index in [9.17, 15) is 0 Å². The van der Waals surface area contributed by atoms with Crippen LogP contribution in [-0.2, 0) is 6.54 Å². The Balaban J connectivity index is 1.92. The van der Waals surface area contributed by atoms with Gasteiger partial charge in [0.25, 0.3) is 0 Å². The summed E-state index contributed by atoms with van der Waals surface area (Å²) in [5.74, 6) is 1.53. The van der Waals surface area contributed by atoms with Crippen LogP contribution in [0.4, 0.5) is 5.69 Å². The van der Waals surface area contributed by atoms with Crippen LogP contribution < -0.4 is 10.1 Å². The first kappa shape index (κ1) is 17.0. The third-order valence-electron chi connectivity index (χ3n) is 3.30. The van der Waals surface area contributed by atoms with Crippen molar-refractivity contribution in [2.45, 2.75) is 26.8 Å². The Morgan fingerprint density at radius 3 is 2.64 bits per heavy atom. The van der Waals surface area contributed by atoms with E-state index in [0.29, 0.717) is 22.5 Å². The topological polar surface area (TPSA) is 21.3 Å². The highest BCUT2D eigenvalue weighted by Crippen LogP contribution is 2.23. The molecule has 0 amide bonds. The van der Waals surface area contributed by atoms with Crippen LogP contribution >= 0.6 is 23.2 Å². The van der Waals surface area contributed by atoms with Crippen molar-refractivity contribution in [1.82, 2.24) is 0 Å². The molecule has 2 aromatic carbocycles. The minimum Gasteiger partial charge on any atom is -0.494 e. The summed E-state index contributed by atoms with van der Waals surface area (Å²) in [5.41, 5.74) is 2.02. The van der Waals surface area contributed by atoms with E-state index in [1.807, 2.05) is 36.4 Å². The third-order valence-corrected chi connectivity index (χ3v) is 3.88. The molecular formula is C18H21Cl2NO. The van der Waals surface area contributed by atoms with E-state index in [1.165, 1.54) is 0 Å². The van der Waals surface area contributed by atoms with Crippen LogP contribution in [0.3, 0.4) is 0 Å². The molecule has 0 fully saturated rings. The second-order valence-electron chi connectivity index (χ2n) is 5.65. The number of nitrogens with one attached hydrogen (secondary N) is 1. The molecule has 0 spiro atoms. The highest BCUT2D eigenvalue weighted by molar-refractivity contribution is 6.35. The largest absolute Gasteiger partial charge is 0.494 e. The maximum absolute atomic E-state index is 6.18. The van der Waals surface area contributed by atoms with Gasteiger partial charge in [0, 0.05) is 28.3 Å². The Morgan fingerprint density at radius 1 is 1.09 bits per heavy atom. The van der Waals surface area contributed by atoms with Crippen molar-refractivity contribution in [3.63, 3.8) is 0 Å². The molecule has 118 valence electrons. The summed E-state index contributed by atoms with van der Waals surface area (Å²) in [4.78, 5) is 0. The monoisotopic (exact) mass is 337 g/mol. The molecule has 4 heteroatoms. The average molecular weight is 338 g/mol. The van der Waals surface area contributed by atoms with E-state index in [-0.39, 0.29) is 0 Å². The molecule has 22 heavy (non-hydrogen) atoms. The summed E-state index contributed by atoms with van der Waals surface area (Å²) in [6.07, 6.45) is 1.05. The summed E-state index contributed by atoms with van der Waals surface area (Å²) in [6, 6.07) is 13.5. The van der Waals surface area contributed by atoms with Crippen molar-refractivity contribution in [2.24, 2.45) is 5.92 Å². The highest BCUT2D eigenvalue weighted by Gasteiger charge is 2.02. The number of halogens is 2. The van der Waals surface area contributed by atoms with E-state index in [2.05, 4.69) is 19.2 Å². The normalized spacial score (nSPS) is 10.8. The van der Waals surface area contributed by atoms with Gasteiger partial charge in [-0.3, -0.25) is 0 Å². The minimum atomic E-state index is 0.644. The number of benzene rings is 2. The molecule has 2 nitrogen and oxygen atoms in total. The molecule has 0 aliphatic rings. The Morgan fingerprint density at radius 2 is 1.91 bits per heavy atom. The molecule has 0 bridgehead atoms. The fourth-order valence-electron chi connectivity index (χ4n) is 1.97. The predicted octanol–water partition coefficient (Wildman–Crippen LogP) is 6.03. The maximum atomic E-state index is 6.18. The van der Waals surface area contributed by atoms with Crippen LogP contribution in [0, 0.1) is 5.92 Å². The van der Waals surface area contributed by atoms with Crippen LogP contribution in [0.2, 0.25) is 10.0 Å². The Bertz CT molecular complexity index is 614. The summed E-state index contributed by atoms with van der Waals surface area (Å²) >= 11 is 12.1. The predicted molar refractivity (Wildman–Crippen MR) is 95.2 cm³/mol. The zero-order valence-corrected chi connectivity index (χ0v) is 14.4. The maximum Gasteiger partial charge on any atom is 0.121 e. The van der Waals surface area contributed by atoms with Crippen LogP contribution in [0.15, 0.2) is 42.5 Å². The molecule has 0 aliphatic carbocycles. The second-order valence-corrected chi connectivity index (χ2v) is 6.49. The lowest BCUT2D eigenvalue weighted by Gasteiger charge is -2.11. The number of hydrogen-bond acceptors (Lipinski definition) is 2. The zero-order valence-electron chi connectivity index (χ0n) is 12.9. The third kappa shape index (κ3) is 5.43. The van der Waals surface area contributed by atoms with Gasteiger partial charge in [0.2, 0.25) is 0 Å². The van der Waals surface area contributed by atoms with Crippen molar-refractivity contribution < 1.29 is 4.74 Å². The van der Waals surface area contributed by atoms with Crippen molar-refractivity contribution in [3.05, 3.63) is 58.1 Å². The first-order valence-corrected chi connectivity index (χ1v) is 8.21. The molecule has 0 heterocycles. The molecule has 0 unspecified atom stereocenters. The Kier molecular flexibility index (Phi) is 6.41. The number of hydrogen-bond donors (Lipinski definition) is 1. The van der Waals surface area contributed by atoms with Gasteiger partial charge in [0.1, 0.15) is 5.75 Å². The lowest BCUT2D eigenvalue weighted by Crippen LogP contribution is -2.03. The van der Waals surface area contributed by atoms with E-state index in [0.717, 1.165) is 30.0 Å². The van der Waals surface area contributed by atoms with Crippen LogP contribution in [0.25, 0.3) is 0 Å². The number of anilines is 1. The summed E-state index contributed by atoms with van der Waals surface area (Å²) in [7, 11) is 0. The van der Waals surface area contributed by atoms with Gasteiger partial charge in [-0.25, -0.2) is 0 Å². The minimum absolute atomic E-state index is 0.644. The lowest BCUT2D eigenvalue weighted by molar-refractivity contribution is 0.289. The molecule has 0 atom stereocenters. The van der Waals surface area contributed by atoms with E-state index in [4.69, 9.17) is 27.9 Å². The zero-order chi connectivity index (χ0) is 15.9. The SMILES string of the molecule is CC(C)CCOc1cccc(NCc2ccc(Cl)cc2Cl)c1. The van der Waals surface area contributed by atoms with Gasteiger partial charge in [-0.05, 0) is 42.2 Å². The Hall–Kier alpha value is -1.38. The van der Waals surface area contributed by atoms with Gasteiger partial charge in [-0.1, -0.05) is 49.2 Å². The molecule has 0 saturated carbocycles. The first-order valence-electron chi connectivity index (χ1n) is 7.45. The molecule has 0 saturated heterocycles. The lowest BCUT2D eigenvalue weighted by atomic mass is 10.1. The molecule has 2 rings (SSSR count). The van der Waals surface area contributed by atoms with Gasteiger partial charge >= 0.3 is 0 Å². The van der Waals surface area contributed by atoms with Crippen LogP contribution in [0.1, 0.15) is 25.8 Å². The van der Waals surface area contributed by atoms with Gasteiger partial charge in [-0.2, -0.15) is 0 Å². The smallest absolute Gasteiger partial charge is 0.121 e. The van der Waals surface area contributed by atoms with Gasteiger partial charge < -0.3 is 10.1 Å². The fraction of sp³-hybridized carbons (Fsp3) is 0.333. The van der Waals surface area contributed by atoms with Crippen molar-refractivity contribution in [2.75, 3.05) is 11.9 Å². The van der Waals surface area contributed by atoms with Crippen LogP contribution in [-0.4, -0.2) is 6.61 Å². The molecule has 0 radical (unpaired) electrons. The number of rotatable bonds is 7. The molecule has 2 aromatic rings. The molecule has 0 aromatic heterocycles. The number of ether oxygens (including phenoxy) is 1. The summed E-state index contributed by atoms with van der Waals surface area (Å²) in [5, 5.41) is 4.67. The van der Waals surface area contributed by atoms with Crippen molar-refractivity contribution in [1.29, 1.82) is 0 Å². The van der Waals surface area contributed by atoms with E-state index < -0.39 is 0 Å². The van der Waals surface area contributed by atoms with Crippen LogP contribution in [0.5, 0.6) is 5.75 Å². The second kappa shape index (κ2) is 8.30. The first-order chi connectivity index (χ1) is 10.5. The average Bonchev–Trinajstić information content (AvgIpc) is 2.46. The van der Waals surface area contributed by atoms with Crippen molar-refractivity contribution in [3.8, 4) is 5.75 Å².